The average molecular weight is 559 g/mol. The van der Waals surface area contributed by atoms with Gasteiger partial charge < -0.3 is 33.5 Å². The third kappa shape index (κ3) is 8.27. The van der Waals surface area contributed by atoms with Crippen molar-refractivity contribution < 1.29 is 57.5 Å². The van der Waals surface area contributed by atoms with Gasteiger partial charge in [0.15, 0.2) is 18.0 Å². The molecule has 3 rings (SSSR count). The van der Waals surface area contributed by atoms with Gasteiger partial charge in [-0.25, -0.2) is 0 Å². The molecule has 0 bridgehead atoms. The number of carbonyl (C=O) groups excluding carboxylic acids is 5. The van der Waals surface area contributed by atoms with Crippen molar-refractivity contribution >= 4 is 29.7 Å². The van der Waals surface area contributed by atoms with E-state index in [1.165, 1.54) is 18.2 Å². The maximum atomic E-state index is 12.7. The van der Waals surface area contributed by atoms with E-state index in [1.807, 2.05) is 6.07 Å². The Bertz CT molecular complexity index is 1240. The molecule has 0 radical (unpaired) electrons. The van der Waals surface area contributed by atoms with Gasteiger partial charge in [0.25, 0.3) is 0 Å². The van der Waals surface area contributed by atoms with Crippen LogP contribution in [0, 0.1) is 0 Å². The van der Waals surface area contributed by atoms with E-state index >= 15 is 0 Å². The summed E-state index contributed by atoms with van der Waals surface area (Å²) in [6.45, 7) is 4.06. The topological polar surface area (TPSA) is 161 Å². The Morgan fingerprint density at radius 3 is 1.95 bits per heavy atom. The van der Waals surface area contributed by atoms with Crippen LogP contribution in [-0.2, 0) is 49.3 Å². The van der Waals surface area contributed by atoms with Gasteiger partial charge in [-0.2, -0.15) is 0 Å². The number of aromatic hydroxyl groups is 1. The maximum absolute atomic E-state index is 12.7. The van der Waals surface area contributed by atoms with Crippen LogP contribution in [0.5, 0.6) is 11.5 Å². The molecule has 0 aromatic heterocycles. The molecule has 0 spiro atoms. The van der Waals surface area contributed by atoms with E-state index in [0.29, 0.717) is 0 Å². The number of hydrogen-bond donors (Lipinski definition) is 1. The Kier molecular flexibility index (Phi) is 10.2. The number of esters is 4. The van der Waals surface area contributed by atoms with Crippen LogP contribution in [-0.4, -0.2) is 72.1 Å². The number of ketones is 1. The fourth-order valence-corrected chi connectivity index (χ4v) is 4.11. The minimum Gasteiger partial charge on any atom is -0.507 e. The molecule has 2 aromatic rings. The van der Waals surface area contributed by atoms with E-state index in [4.69, 9.17) is 28.4 Å². The molecule has 1 heterocycles. The number of ether oxygens (including phenoxy) is 6. The quantitative estimate of drug-likeness (QED) is 0.258. The van der Waals surface area contributed by atoms with Crippen LogP contribution in [0.15, 0.2) is 48.5 Å². The summed E-state index contributed by atoms with van der Waals surface area (Å²) in [5.74, 6) is -3.69. The standard InChI is InChI=1S/C28H30O12/c1-15(29)35-14-24-25(36-16(2)30)26(37-17(3)31)27(38-18(4)32)28(40-24)39-20-10-11-21(23(34)13-20)22(33)12-19-8-6-5-7-9-19/h5-11,13,24-28,34H,12,14H2,1-4H3/t24-,25+,26-,27-,28+/m0/s1. The molecular weight excluding hydrogens is 528 g/mol. The molecule has 12 nitrogen and oxygen atoms in total. The first-order chi connectivity index (χ1) is 18.9. The summed E-state index contributed by atoms with van der Waals surface area (Å²) >= 11 is 0. The summed E-state index contributed by atoms with van der Waals surface area (Å²) in [5.41, 5.74) is 0.822. The second kappa shape index (κ2) is 13.6. The number of benzene rings is 2. The van der Waals surface area contributed by atoms with Crippen molar-refractivity contribution in [1.82, 2.24) is 0 Å². The Balaban J connectivity index is 1.91. The Morgan fingerprint density at radius 2 is 1.38 bits per heavy atom. The summed E-state index contributed by atoms with van der Waals surface area (Å²) in [6, 6.07) is 12.9. The number of hydrogen-bond acceptors (Lipinski definition) is 12. The zero-order valence-electron chi connectivity index (χ0n) is 22.4. The highest BCUT2D eigenvalue weighted by molar-refractivity contribution is 6.00. The molecule has 2 aromatic carbocycles. The predicted octanol–water partition coefficient (Wildman–Crippen LogP) is 2.28. The van der Waals surface area contributed by atoms with Crippen LogP contribution >= 0.6 is 0 Å². The van der Waals surface area contributed by atoms with Crippen LogP contribution in [0.25, 0.3) is 0 Å². The lowest BCUT2D eigenvalue weighted by atomic mass is 9.98. The van der Waals surface area contributed by atoms with Gasteiger partial charge in [0, 0.05) is 40.2 Å². The third-order valence-corrected chi connectivity index (χ3v) is 5.68. The van der Waals surface area contributed by atoms with Crippen LogP contribution in [0.3, 0.4) is 0 Å². The van der Waals surface area contributed by atoms with E-state index in [2.05, 4.69) is 0 Å². The SMILES string of the molecule is CC(=O)OC[C@@H]1O[C@@H](Oc2ccc(C(=O)Cc3ccccc3)c(O)c2)[C@@H](OC(C)=O)[C@@H](OC(C)=O)[C@@H]1OC(C)=O. The summed E-state index contributed by atoms with van der Waals surface area (Å²) in [7, 11) is 0. The van der Waals surface area contributed by atoms with E-state index < -0.39 is 61.2 Å². The van der Waals surface area contributed by atoms with Gasteiger partial charge in [0.1, 0.15) is 24.2 Å². The van der Waals surface area contributed by atoms with Gasteiger partial charge in [-0.3, -0.25) is 24.0 Å². The number of carbonyl (C=O) groups is 5. The smallest absolute Gasteiger partial charge is 0.303 e. The molecule has 0 saturated carbocycles. The van der Waals surface area contributed by atoms with Crippen LogP contribution in [0.1, 0.15) is 43.6 Å². The maximum Gasteiger partial charge on any atom is 0.303 e. The fraction of sp³-hybridized carbons (Fsp3) is 0.393. The largest absolute Gasteiger partial charge is 0.507 e. The lowest BCUT2D eigenvalue weighted by molar-refractivity contribution is -0.288. The molecule has 5 atom stereocenters. The molecule has 1 aliphatic rings. The highest BCUT2D eigenvalue weighted by Gasteiger charge is 2.53. The van der Waals surface area contributed by atoms with Crippen molar-refractivity contribution in [1.29, 1.82) is 0 Å². The Morgan fingerprint density at radius 1 is 0.775 bits per heavy atom. The van der Waals surface area contributed by atoms with E-state index in [9.17, 15) is 29.1 Å². The number of phenolic OH excluding ortho intramolecular Hbond substituents is 1. The van der Waals surface area contributed by atoms with Crippen molar-refractivity contribution in [2.75, 3.05) is 6.61 Å². The average Bonchev–Trinajstić information content (AvgIpc) is 2.86. The molecule has 40 heavy (non-hydrogen) atoms. The minimum atomic E-state index is -1.48. The number of Topliss-reactive ketones (excluding diaryl/α,β-unsaturated/α-hetero) is 1. The molecule has 0 amide bonds. The molecule has 1 saturated heterocycles. The lowest BCUT2D eigenvalue weighted by Crippen LogP contribution is -2.63. The minimum absolute atomic E-state index is 0.00895. The first-order valence-corrected chi connectivity index (χ1v) is 12.3. The van der Waals surface area contributed by atoms with Crippen molar-refractivity contribution in [3.8, 4) is 11.5 Å². The molecule has 0 aliphatic carbocycles. The normalized spacial score (nSPS) is 21.9. The van der Waals surface area contributed by atoms with Gasteiger partial charge in [0.2, 0.25) is 12.4 Å². The van der Waals surface area contributed by atoms with Gasteiger partial charge in [0.05, 0.1) is 5.56 Å². The monoisotopic (exact) mass is 558 g/mol. The van der Waals surface area contributed by atoms with Crippen LogP contribution in [0.4, 0.5) is 0 Å². The molecule has 1 aliphatic heterocycles. The van der Waals surface area contributed by atoms with Crippen molar-refractivity contribution in [3.05, 3.63) is 59.7 Å². The highest BCUT2D eigenvalue weighted by atomic mass is 16.7. The first kappa shape index (κ1) is 30.1. The second-order valence-corrected chi connectivity index (χ2v) is 8.95. The highest BCUT2D eigenvalue weighted by Crippen LogP contribution is 2.32. The zero-order valence-corrected chi connectivity index (χ0v) is 22.4. The Labute approximate surface area is 230 Å². The van der Waals surface area contributed by atoms with Gasteiger partial charge >= 0.3 is 23.9 Å². The molecule has 12 heteroatoms. The number of phenols is 1. The molecule has 1 N–H and O–H groups in total. The van der Waals surface area contributed by atoms with E-state index in [0.717, 1.165) is 33.3 Å². The summed E-state index contributed by atoms with van der Waals surface area (Å²) < 4.78 is 32.8. The third-order valence-electron chi connectivity index (χ3n) is 5.68. The predicted molar refractivity (Wildman–Crippen MR) is 135 cm³/mol. The van der Waals surface area contributed by atoms with E-state index in [-0.39, 0.29) is 29.3 Å². The molecule has 1 fully saturated rings. The van der Waals surface area contributed by atoms with Crippen LogP contribution < -0.4 is 4.74 Å². The van der Waals surface area contributed by atoms with Gasteiger partial charge in [-0.15, -0.1) is 0 Å². The van der Waals surface area contributed by atoms with Crippen molar-refractivity contribution in [2.24, 2.45) is 0 Å². The first-order valence-electron chi connectivity index (χ1n) is 12.3. The summed E-state index contributed by atoms with van der Waals surface area (Å²) in [4.78, 5) is 60.0. The van der Waals surface area contributed by atoms with Gasteiger partial charge in [-0.1, -0.05) is 30.3 Å². The molecular formula is C28H30O12. The van der Waals surface area contributed by atoms with Gasteiger partial charge in [-0.05, 0) is 17.7 Å². The Hall–Kier alpha value is -4.45. The molecule has 214 valence electrons. The second-order valence-electron chi connectivity index (χ2n) is 8.95. The fourth-order valence-electron chi connectivity index (χ4n) is 4.11. The van der Waals surface area contributed by atoms with Crippen molar-refractivity contribution in [3.63, 3.8) is 0 Å². The summed E-state index contributed by atoms with van der Waals surface area (Å²) in [6.07, 6.45) is -6.81. The van der Waals surface area contributed by atoms with Crippen molar-refractivity contribution in [2.45, 2.75) is 64.8 Å². The molecule has 0 unspecified atom stereocenters. The lowest BCUT2D eigenvalue weighted by Gasteiger charge is -2.43. The number of rotatable bonds is 10. The van der Waals surface area contributed by atoms with E-state index in [1.54, 1.807) is 24.3 Å². The van der Waals surface area contributed by atoms with Crippen LogP contribution in [0.2, 0.25) is 0 Å². The summed E-state index contributed by atoms with van der Waals surface area (Å²) in [5, 5.41) is 10.6. The zero-order chi connectivity index (χ0) is 29.4.